The van der Waals surface area contributed by atoms with Crippen LogP contribution in [-0.4, -0.2) is 7.11 Å². The van der Waals surface area contributed by atoms with E-state index in [0.717, 1.165) is 16.6 Å². The molecule has 0 aliphatic carbocycles. The molecule has 12 heavy (non-hydrogen) atoms. The lowest BCUT2D eigenvalue weighted by Gasteiger charge is -2.05. The lowest BCUT2D eigenvalue weighted by molar-refractivity contribution is 0.410. The van der Waals surface area contributed by atoms with Crippen LogP contribution in [0.15, 0.2) is 22.7 Å². The Labute approximate surface area is 81.6 Å². The summed E-state index contributed by atoms with van der Waals surface area (Å²) in [6.45, 7) is 2.12. The van der Waals surface area contributed by atoms with Gasteiger partial charge in [0.2, 0.25) is 0 Å². The number of rotatable bonds is 2. The van der Waals surface area contributed by atoms with Crippen LogP contribution in [0.2, 0.25) is 0 Å². The number of methoxy groups -OCH3 is 1. The second-order valence-electron chi connectivity index (χ2n) is 2.31. The summed E-state index contributed by atoms with van der Waals surface area (Å²) in [5.74, 6) is 0.968. The van der Waals surface area contributed by atoms with Crippen molar-refractivity contribution in [1.82, 2.24) is 6.15 Å². The number of hydrogen-bond acceptors (Lipinski definition) is 2. The van der Waals surface area contributed by atoms with Crippen molar-refractivity contribution in [3.8, 4) is 5.75 Å². The number of hydrogen-bond donors (Lipinski definition) is 1. The van der Waals surface area contributed by atoms with E-state index in [4.69, 9.17) is 4.74 Å². The van der Waals surface area contributed by atoms with Crippen molar-refractivity contribution < 1.29 is 4.74 Å². The van der Waals surface area contributed by atoms with Crippen LogP contribution in [-0.2, 0) is 6.42 Å². The van der Waals surface area contributed by atoms with Crippen molar-refractivity contribution in [3.05, 3.63) is 28.2 Å². The zero-order valence-electron chi connectivity index (χ0n) is 7.43. The first-order chi connectivity index (χ1) is 5.27. The first-order valence-electron chi connectivity index (χ1n) is 3.60. The highest BCUT2D eigenvalue weighted by Gasteiger charge is 1.99. The van der Waals surface area contributed by atoms with Gasteiger partial charge in [-0.1, -0.05) is 22.9 Å². The molecule has 0 saturated heterocycles. The molecule has 0 spiro atoms. The lowest BCUT2D eigenvalue weighted by Crippen LogP contribution is -1.89. The third-order valence-electron chi connectivity index (χ3n) is 1.62. The second-order valence-corrected chi connectivity index (χ2v) is 3.23. The second kappa shape index (κ2) is 5.17. The third-order valence-corrected chi connectivity index (χ3v) is 2.12. The van der Waals surface area contributed by atoms with Gasteiger partial charge in [-0.25, -0.2) is 0 Å². The van der Waals surface area contributed by atoms with Crippen LogP contribution >= 0.6 is 15.9 Å². The molecule has 0 aliphatic heterocycles. The molecule has 68 valence electrons. The predicted octanol–water partition coefficient (Wildman–Crippen LogP) is 3.18. The zero-order chi connectivity index (χ0) is 8.27. The Morgan fingerprint density at radius 3 is 2.58 bits per heavy atom. The van der Waals surface area contributed by atoms with E-state index >= 15 is 0 Å². The molecule has 0 amide bonds. The van der Waals surface area contributed by atoms with Gasteiger partial charge in [0.15, 0.2) is 0 Å². The minimum Gasteiger partial charge on any atom is -0.496 e. The van der Waals surface area contributed by atoms with Gasteiger partial charge in [-0.2, -0.15) is 0 Å². The molecule has 0 atom stereocenters. The van der Waals surface area contributed by atoms with Crippen LogP contribution < -0.4 is 10.9 Å². The average Bonchev–Trinajstić information content (AvgIpc) is 2.04. The Morgan fingerprint density at radius 1 is 1.42 bits per heavy atom. The smallest absolute Gasteiger partial charge is 0.122 e. The summed E-state index contributed by atoms with van der Waals surface area (Å²) in [7, 11) is 1.70. The molecule has 1 aromatic rings. The van der Waals surface area contributed by atoms with Crippen LogP contribution in [0.3, 0.4) is 0 Å². The fraction of sp³-hybridized carbons (Fsp3) is 0.333. The summed E-state index contributed by atoms with van der Waals surface area (Å²) >= 11 is 3.41. The minimum absolute atomic E-state index is 0. The van der Waals surface area contributed by atoms with Gasteiger partial charge in [0.25, 0.3) is 0 Å². The van der Waals surface area contributed by atoms with E-state index in [-0.39, 0.29) is 6.15 Å². The van der Waals surface area contributed by atoms with Crippen LogP contribution in [0.5, 0.6) is 5.75 Å². The third kappa shape index (κ3) is 2.50. The van der Waals surface area contributed by atoms with Gasteiger partial charge >= 0.3 is 0 Å². The number of benzene rings is 1. The van der Waals surface area contributed by atoms with Gasteiger partial charge in [0.1, 0.15) is 5.75 Å². The fourth-order valence-electron chi connectivity index (χ4n) is 1.02. The molecule has 0 aliphatic rings. The van der Waals surface area contributed by atoms with Gasteiger partial charge < -0.3 is 10.9 Å². The van der Waals surface area contributed by atoms with E-state index < -0.39 is 0 Å². The molecule has 1 rings (SSSR count). The topological polar surface area (TPSA) is 44.2 Å². The Hall–Kier alpha value is -0.540. The molecule has 0 fully saturated rings. The highest BCUT2D eigenvalue weighted by molar-refractivity contribution is 9.10. The molecule has 0 unspecified atom stereocenters. The quantitative estimate of drug-likeness (QED) is 0.850. The standard InChI is InChI=1S/C9H11BrO.H3N/c1-3-7-6-8(10)4-5-9(7)11-2;/h4-6H,3H2,1-2H3;1H3. The Kier molecular flexibility index (Phi) is 4.93. The van der Waals surface area contributed by atoms with Crippen molar-refractivity contribution in [2.45, 2.75) is 13.3 Å². The molecule has 0 bridgehead atoms. The molecular weight excluding hydrogens is 218 g/mol. The van der Waals surface area contributed by atoms with Crippen LogP contribution in [0, 0.1) is 0 Å². The van der Waals surface area contributed by atoms with E-state index in [9.17, 15) is 0 Å². The highest BCUT2D eigenvalue weighted by Crippen LogP contribution is 2.22. The van der Waals surface area contributed by atoms with E-state index in [1.54, 1.807) is 7.11 Å². The molecule has 0 saturated carbocycles. The molecule has 0 heterocycles. The molecular formula is C9H14BrNO. The van der Waals surface area contributed by atoms with Crippen molar-refractivity contribution in [3.63, 3.8) is 0 Å². The molecule has 3 heteroatoms. The van der Waals surface area contributed by atoms with E-state index in [1.807, 2.05) is 12.1 Å². The zero-order valence-corrected chi connectivity index (χ0v) is 9.02. The molecule has 0 radical (unpaired) electrons. The summed E-state index contributed by atoms with van der Waals surface area (Å²) in [6, 6.07) is 6.04. The highest BCUT2D eigenvalue weighted by atomic mass is 79.9. The summed E-state index contributed by atoms with van der Waals surface area (Å²) in [5.41, 5.74) is 1.24. The van der Waals surface area contributed by atoms with Crippen molar-refractivity contribution in [2.75, 3.05) is 7.11 Å². The number of aryl methyl sites for hydroxylation is 1. The molecule has 1 aromatic carbocycles. The van der Waals surface area contributed by atoms with E-state index in [1.165, 1.54) is 5.56 Å². The Morgan fingerprint density at radius 2 is 2.08 bits per heavy atom. The monoisotopic (exact) mass is 231 g/mol. The predicted molar refractivity (Wildman–Crippen MR) is 55.1 cm³/mol. The SMILES string of the molecule is CCc1cc(Br)ccc1OC.N. The van der Waals surface area contributed by atoms with Crippen molar-refractivity contribution >= 4 is 15.9 Å². The summed E-state index contributed by atoms with van der Waals surface area (Å²) < 4.78 is 6.28. The minimum atomic E-state index is 0. The molecule has 0 aromatic heterocycles. The maximum Gasteiger partial charge on any atom is 0.122 e. The van der Waals surface area contributed by atoms with E-state index in [2.05, 4.69) is 28.9 Å². The van der Waals surface area contributed by atoms with Gasteiger partial charge in [0.05, 0.1) is 7.11 Å². The van der Waals surface area contributed by atoms with Gasteiger partial charge in [-0.15, -0.1) is 0 Å². The van der Waals surface area contributed by atoms with Gasteiger partial charge in [0, 0.05) is 4.47 Å². The fourth-order valence-corrected chi connectivity index (χ4v) is 1.43. The molecule has 3 N–H and O–H groups in total. The van der Waals surface area contributed by atoms with Crippen molar-refractivity contribution in [1.29, 1.82) is 0 Å². The average molecular weight is 232 g/mol. The van der Waals surface area contributed by atoms with Gasteiger partial charge in [-0.05, 0) is 30.2 Å². The first kappa shape index (κ1) is 11.5. The summed E-state index contributed by atoms with van der Waals surface area (Å²) in [5, 5.41) is 0. The van der Waals surface area contributed by atoms with Crippen LogP contribution in [0.4, 0.5) is 0 Å². The number of halogens is 1. The number of ether oxygens (including phenoxy) is 1. The Balaban J connectivity index is 0.00000121. The molecule has 2 nitrogen and oxygen atoms in total. The van der Waals surface area contributed by atoms with Crippen molar-refractivity contribution in [2.24, 2.45) is 0 Å². The Bertz CT molecular complexity index is 250. The largest absolute Gasteiger partial charge is 0.496 e. The normalized spacial score (nSPS) is 8.92. The maximum atomic E-state index is 5.17. The van der Waals surface area contributed by atoms with Gasteiger partial charge in [-0.3, -0.25) is 0 Å². The first-order valence-corrected chi connectivity index (χ1v) is 4.39. The lowest BCUT2D eigenvalue weighted by atomic mass is 10.1. The summed E-state index contributed by atoms with van der Waals surface area (Å²) in [4.78, 5) is 0. The summed E-state index contributed by atoms with van der Waals surface area (Å²) in [6.07, 6.45) is 1.00. The maximum absolute atomic E-state index is 5.17. The van der Waals surface area contributed by atoms with Crippen LogP contribution in [0.25, 0.3) is 0 Å². The van der Waals surface area contributed by atoms with E-state index in [0.29, 0.717) is 0 Å². The van der Waals surface area contributed by atoms with Crippen LogP contribution in [0.1, 0.15) is 12.5 Å².